The summed E-state index contributed by atoms with van der Waals surface area (Å²) in [6, 6.07) is 0. The summed E-state index contributed by atoms with van der Waals surface area (Å²) in [6.07, 6.45) is 12.5. The van der Waals surface area contributed by atoms with Crippen LogP contribution in [0.1, 0.15) is 71.6 Å². The summed E-state index contributed by atoms with van der Waals surface area (Å²) in [4.78, 5) is 29.2. The molecule has 0 aromatic carbocycles. The number of carbonyl (C=O) groups is 2. The van der Waals surface area contributed by atoms with Crippen molar-refractivity contribution in [3.05, 3.63) is 12.2 Å². The highest BCUT2D eigenvalue weighted by molar-refractivity contribution is 5.78. The average molecular weight is 309 g/mol. The molecule has 4 nitrogen and oxygen atoms in total. The van der Waals surface area contributed by atoms with Gasteiger partial charge in [-0.05, 0) is 44.4 Å². The van der Waals surface area contributed by atoms with Gasteiger partial charge in [0.2, 0.25) is 0 Å². The summed E-state index contributed by atoms with van der Waals surface area (Å²) in [6.45, 7) is 4.32. The highest BCUT2D eigenvalue weighted by Gasteiger charge is 2.28. The van der Waals surface area contributed by atoms with Gasteiger partial charge in [0.15, 0.2) is 0 Å². The number of carbonyl (C=O) groups excluding carboxylic acids is 2. The topological polar surface area (TPSA) is 46.6 Å². The molecule has 0 N–H and O–H groups in total. The van der Waals surface area contributed by atoms with E-state index < -0.39 is 0 Å². The van der Waals surface area contributed by atoms with Gasteiger partial charge in [0.1, 0.15) is 0 Å². The van der Waals surface area contributed by atoms with Gasteiger partial charge in [-0.3, -0.25) is 4.79 Å². The van der Waals surface area contributed by atoms with Crippen LogP contribution in [0.25, 0.3) is 0 Å². The molecule has 0 spiro atoms. The fourth-order valence-corrected chi connectivity index (χ4v) is 2.83. The van der Waals surface area contributed by atoms with Crippen molar-refractivity contribution < 1.29 is 14.4 Å². The van der Waals surface area contributed by atoms with Crippen LogP contribution in [0.3, 0.4) is 0 Å². The normalized spacial score (nSPS) is 21.8. The molecule has 4 heteroatoms. The van der Waals surface area contributed by atoms with E-state index in [4.69, 9.17) is 4.84 Å². The Bertz CT molecular complexity index is 371. The molecule has 0 unspecified atom stereocenters. The number of rotatable bonds is 7. The number of hydrogen-bond acceptors (Lipinski definition) is 3. The maximum atomic E-state index is 12.1. The summed E-state index contributed by atoms with van der Waals surface area (Å²) in [5.41, 5.74) is 0. The number of hydrogen-bond donors (Lipinski definition) is 0. The number of amides is 1. The molecule has 0 aromatic rings. The van der Waals surface area contributed by atoms with E-state index in [1.54, 1.807) is 0 Å². The third-order valence-electron chi connectivity index (χ3n) is 4.48. The number of unbranched alkanes of at least 4 members (excludes halogenated alkanes) is 1. The second kappa shape index (κ2) is 10.4. The van der Waals surface area contributed by atoms with Crippen LogP contribution in [0.2, 0.25) is 0 Å². The summed E-state index contributed by atoms with van der Waals surface area (Å²) >= 11 is 0. The lowest BCUT2D eigenvalue weighted by Gasteiger charge is -2.27. The van der Waals surface area contributed by atoms with Crippen molar-refractivity contribution in [2.45, 2.75) is 71.6 Å². The molecule has 0 bridgehead atoms. The van der Waals surface area contributed by atoms with Gasteiger partial charge in [0.25, 0.3) is 5.91 Å². The quantitative estimate of drug-likeness (QED) is 0.521. The first-order valence-corrected chi connectivity index (χ1v) is 8.71. The SMILES string of the molecule is CCCC=CCCC(=O)N(C)OC(=O)C1CCC(CC)CC1. The van der Waals surface area contributed by atoms with Crippen molar-refractivity contribution in [2.24, 2.45) is 11.8 Å². The summed E-state index contributed by atoms with van der Waals surface area (Å²) in [7, 11) is 1.54. The Hall–Kier alpha value is -1.32. The van der Waals surface area contributed by atoms with Crippen molar-refractivity contribution in [3.8, 4) is 0 Å². The molecule has 0 saturated heterocycles. The molecule has 0 aliphatic heterocycles. The molecule has 1 fully saturated rings. The summed E-state index contributed by atoms with van der Waals surface area (Å²) in [5.74, 6) is 0.324. The zero-order chi connectivity index (χ0) is 16.4. The van der Waals surface area contributed by atoms with Crippen LogP contribution in [0.5, 0.6) is 0 Å². The molecular weight excluding hydrogens is 278 g/mol. The Morgan fingerprint density at radius 3 is 2.32 bits per heavy atom. The molecule has 22 heavy (non-hydrogen) atoms. The van der Waals surface area contributed by atoms with Crippen molar-refractivity contribution in [1.29, 1.82) is 0 Å². The zero-order valence-corrected chi connectivity index (χ0v) is 14.3. The van der Waals surface area contributed by atoms with Crippen LogP contribution in [-0.2, 0) is 14.4 Å². The number of nitrogens with zero attached hydrogens (tertiary/aromatic N) is 1. The van der Waals surface area contributed by atoms with E-state index in [2.05, 4.69) is 19.9 Å². The standard InChI is InChI=1S/C18H31NO3/c1-4-6-7-8-9-10-17(20)19(3)22-18(21)16-13-11-15(5-2)12-14-16/h7-8,15-16H,4-6,9-14H2,1-3H3. The lowest BCUT2D eigenvalue weighted by molar-refractivity contribution is -0.197. The van der Waals surface area contributed by atoms with Gasteiger partial charge in [-0.2, -0.15) is 5.06 Å². The maximum absolute atomic E-state index is 12.1. The molecule has 1 rings (SSSR count). The van der Waals surface area contributed by atoms with Crippen LogP contribution < -0.4 is 0 Å². The predicted molar refractivity (Wildman–Crippen MR) is 87.9 cm³/mol. The first-order chi connectivity index (χ1) is 10.6. The van der Waals surface area contributed by atoms with Crippen LogP contribution in [-0.4, -0.2) is 24.0 Å². The first-order valence-electron chi connectivity index (χ1n) is 8.71. The van der Waals surface area contributed by atoms with E-state index in [1.165, 1.54) is 13.5 Å². The maximum Gasteiger partial charge on any atom is 0.335 e. The van der Waals surface area contributed by atoms with Crippen LogP contribution >= 0.6 is 0 Å². The van der Waals surface area contributed by atoms with E-state index in [0.717, 1.165) is 49.5 Å². The van der Waals surface area contributed by atoms with Gasteiger partial charge in [0.05, 0.1) is 5.92 Å². The number of hydroxylamine groups is 2. The lowest BCUT2D eigenvalue weighted by Crippen LogP contribution is -2.33. The minimum atomic E-state index is -0.244. The van der Waals surface area contributed by atoms with Crippen molar-refractivity contribution in [2.75, 3.05) is 7.05 Å². The lowest BCUT2D eigenvalue weighted by atomic mass is 9.81. The van der Waals surface area contributed by atoms with Gasteiger partial charge in [0, 0.05) is 13.5 Å². The Balaban J connectivity index is 2.27. The highest BCUT2D eigenvalue weighted by Crippen LogP contribution is 2.31. The Labute approximate surface area is 134 Å². The second-order valence-electron chi connectivity index (χ2n) is 6.23. The minimum absolute atomic E-state index is 0.0394. The van der Waals surface area contributed by atoms with Crippen molar-refractivity contribution in [1.82, 2.24) is 5.06 Å². The van der Waals surface area contributed by atoms with E-state index >= 15 is 0 Å². The van der Waals surface area contributed by atoms with Crippen LogP contribution in [0, 0.1) is 11.8 Å². The van der Waals surface area contributed by atoms with Crippen molar-refractivity contribution in [3.63, 3.8) is 0 Å². The summed E-state index contributed by atoms with van der Waals surface area (Å²) < 4.78 is 0. The zero-order valence-electron chi connectivity index (χ0n) is 14.3. The first kappa shape index (κ1) is 18.7. The Morgan fingerprint density at radius 1 is 1.09 bits per heavy atom. The monoisotopic (exact) mass is 309 g/mol. The molecule has 0 radical (unpaired) electrons. The smallest absolute Gasteiger partial charge is 0.335 e. The molecule has 126 valence electrons. The molecule has 0 aromatic heterocycles. The predicted octanol–water partition coefficient (Wildman–Crippen LogP) is 4.26. The third kappa shape index (κ3) is 6.63. The largest absolute Gasteiger partial charge is 0.338 e. The Kier molecular flexibility index (Phi) is 8.86. The van der Waals surface area contributed by atoms with Gasteiger partial charge in [-0.15, -0.1) is 0 Å². The number of allylic oxidation sites excluding steroid dienone is 2. The fraction of sp³-hybridized carbons (Fsp3) is 0.778. The fourth-order valence-electron chi connectivity index (χ4n) is 2.83. The average Bonchev–Trinajstić information content (AvgIpc) is 2.54. The molecule has 1 aliphatic rings. The molecular formula is C18H31NO3. The van der Waals surface area contributed by atoms with Gasteiger partial charge < -0.3 is 4.84 Å². The van der Waals surface area contributed by atoms with Crippen molar-refractivity contribution >= 4 is 11.9 Å². The van der Waals surface area contributed by atoms with Gasteiger partial charge >= 0.3 is 5.97 Å². The second-order valence-corrected chi connectivity index (χ2v) is 6.23. The van der Waals surface area contributed by atoms with E-state index in [9.17, 15) is 9.59 Å². The van der Waals surface area contributed by atoms with Gasteiger partial charge in [-0.25, -0.2) is 4.79 Å². The molecule has 0 heterocycles. The highest BCUT2D eigenvalue weighted by atomic mass is 16.7. The summed E-state index contributed by atoms with van der Waals surface area (Å²) in [5, 5.41) is 1.11. The Morgan fingerprint density at radius 2 is 1.73 bits per heavy atom. The van der Waals surface area contributed by atoms with Crippen LogP contribution in [0.4, 0.5) is 0 Å². The third-order valence-corrected chi connectivity index (χ3v) is 4.48. The molecule has 1 amide bonds. The van der Waals surface area contributed by atoms with E-state index in [-0.39, 0.29) is 17.8 Å². The molecule has 1 aliphatic carbocycles. The van der Waals surface area contributed by atoms with E-state index in [1.807, 2.05) is 6.08 Å². The van der Waals surface area contributed by atoms with Crippen LogP contribution in [0.15, 0.2) is 12.2 Å². The molecule has 1 saturated carbocycles. The van der Waals surface area contributed by atoms with E-state index in [0.29, 0.717) is 12.8 Å². The van der Waals surface area contributed by atoms with Gasteiger partial charge in [-0.1, -0.05) is 38.8 Å². The molecule has 0 atom stereocenters. The minimum Gasteiger partial charge on any atom is -0.338 e.